The van der Waals surface area contributed by atoms with E-state index in [0.717, 1.165) is 56.0 Å². The summed E-state index contributed by atoms with van der Waals surface area (Å²) in [6.45, 7) is 2.14. The van der Waals surface area contributed by atoms with Crippen LogP contribution in [0.15, 0.2) is 211 Å². The smallest absolute Gasteiger partial charge is 0.138 e. The second kappa shape index (κ2) is 14.0. The maximum absolute atomic E-state index is 6.32. The van der Waals surface area contributed by atoms with Gasteiger partial charge in [0.25, 0.3) is 0 Å². The minimum absolute atomic E-state index is 0.917. The number of fused-ring (bicyclic) bond motifs is 1. The minimum atomic E-state index is 0.917. The summed E-state index contributed by atoms with van der Waals surface area (Å²) >= 11 is 0. The maximum atomic E-state index is 6.32. The van der Waals surface area contributed by atoms with Gasteiger partial charge in [-0.1, -0.05) is 158 Å². The number of hydrogen-bond acceptors (Lipinski definition) is 2. The molecular weight excluding hydrogens is 643 g/mol. The van der Waals surface area contributed by atoms with E-state index in [4.69, 9.17) is 4.42 Å². The summed E-state index contributed by atoms with van der Waals surface area (Å²) in [6, 6.07) is 73.4. The first-order valence-corrected chi connectivity index (χ1v) is 18.1. The van der Waals surface area contributed by atoms with Crippen LogP contribution in [0.5, 0.6) is 0 Å². The molecule has 1 heterocycles. The predicted molar refractivity (Wildman–Crippen MR) is 223 cm³/mol. The fourth-order valence-electron chi connectivity index (χ4n) is 7.28. The van der Waals surface area contributed by atoms with Gasteiger partial charge in [-0.15, -0.1) is 0 Å². The molecule has 0 atom stereocenters. The molecule has 9 rings (SSSR count). The van der Waals surface area contributed by atoms with Crippen molar-refractivity contribution < 1.29 is 4.42 Å². The van der Waals surface area contributed by atoms with Gasteiger partial charge in [0.1, 0.15) is 11.3 Å². The normalized spacial score (nSPS) is 11.1. The van der Waals surface area contributed by atoms with Crippen LogP contribution in [-0.2, 0) is 0 Å². The zero-order valence-electron chi connectivity index (χ0n) is 29.5. The maximum Gasteiger partial charge on any atom is 0.138 e. The Bertz CT molecular complexity index is 2640. The van der Waals surface area contributed by atoms with E-state index in [2.05, 4.69) is 206 Å². The van der Waals surface area contributed by atoms with Crippen molar-refractivity contribution in [1.82, 2.24) is 0 Å². The van der Waals surface area contributed by atoms with Crippen molar-refractivity contribution in [2.75, 3.05) is 4.90 Å². The third-order valence-corrected chi connectivity index (χ3v) is 10.1. The fraction of sp³-hybridized carbons (Fsp3) is 0.0196. The second-order valence-electron chi connectivity index (χ2n) is 13.4. The molecule has 0 spiro atoms. The number of rotatable bonds is 8. The average Bonchev–Trinajstić information content (AvgIpc) is 3.58. The molecule has 0 aliphatic heterocycles. The summed E-state index contributed by atoms with van der Waals surface area (Å²) < 4.78 is 6.32. The zero-order valence-corrected chi connectivity index (χ0v) is 29.5. The molecule has 0 radical (unpaired) electrons. The Labute approximate surface area is 310 Å². The summed E-state index contributed by atoms with van der Waals surface area (Å²) in [5.41, 5.74) is 15.9. The number of benzene rings is 8. The second-order valence-corrected chi connectivity index (χ2v) is 13.4. The molecule has 1 aromatic heterocycles. The summed E-state index contributed by atoms with van der Waals surface area (Å²) in [6.07, 6.45) is 0. The van der Waals surface area contributed by atoms with Crippen LogP contribution in [0.2, 0.25) is 0 Å². The molecule has 252 valence electrons. The Kier molecular flexibility index (Phi) is 8.47. The Balaban J connectivity index is 1.06. The van der Waals surface area contributed by atoms with Crippen LogP contribution in [0.4, 0.5) is 17.1 Å². The van der Waals surface area contributed by atoms with Gasteiger partial charge in [-0.3, -0.25) is 0 Å². The largest absolute Gasteiger partial charge is 0.456 e. The van der Waals surface area contributed by atoms with E-state index in [1.54, 1.807) is 0 Å². The summed E-state index contributed by atoms with van der Waals surface area (Å²) in [5.74, 6) is 0.921. The lowest BCUT2D eigenvalue weighted by Gasteiger charge is -2.26. The van der Waals surface area contributed by atoms with Crippen molar-refractivity contribution in [2.45, 2.75) is 6.92 Å². The van der Waals surface area contributed by atoms with Gasteiger partial charge in [-0.05, 0) is 100.0 Å². The van der Waals surface area contributed by atoms with E-state index in [-0.39, 0.29) is 0 Å². The zero-order chi connectivity index (χ0) is 35.6. The topological polar surface area (TPSA) is 16.4 Å². The number of furan rings is 1. The Morgan fingerprint density at radius 2 is 0.736 bits per heavy atom. The van der Waals surface area contributed by atoms with Crippen LogP contribution in [0.3, 0.4) is 0 Å². The highest BCUT2D eigenvalue weighted by molar-refractivity contribution is 5.89. The summed E-state index contributed by atoms with van der Waals surface area (Å²) in [4.78, 5) is 2.34. The number of anilines is 3. The highest BCUT2D eigenvalue weighted by atomic mass is 16.3. The molecule has 0 bridgehead atoms. The molecule has 2 nitrogen and oxygen atoms in total. The van der Waals surface area contributed by atoms with Crippen LogP contribution in [0.25, 0.3) is 66.8 Å². The number of para-hydroxylation sites is 1. The summed E-state index contributed by atoms with van der Waals surface area (Å²) in [5, 5.41) is 1.16. The molecule has 0 saturated carbocycles. The Hall–Kier alpha value is -6.90. The molecule has 0 saturated heterocycles. The summed E-state index contributed by atoms with van der Waals surface area (Å²) in [7, 11) is 0. The van der Waals surface area contributed by atoms with E-state index in [1.807, 2.05) is 12.1 Å². The van der Waals surface area contributed by atoms with Crippen LogP contribution in [-0.4, -0.2) is 0 Å². The Morgan fingerprint density at radius 3 is 1.32 bits per heavy atom. The van der Waals surface area contributed by atoms with Gasteiger partial charge in [0.2, 0.25) is 0 Å². The van der Waals surface area contributed by atoms with Crippen LogP contribution in [0.1, 0.15) is 5.56 Å². The van der Waals surface area contributed by atoms with Gasteiger partial charge in [0, 0.05) is 33.6 Å². The lowest BCUT2D eigenvalue weighted by molar-refractivity contribution is 0.629. The molecule has 0 aliphatic carbocycles. The third-order valence-electron chi connectivity index (χ3n) is 10.1. The minimum Gasteiger partial charge on any atom is -0.456 e. The first-order chi connectivity index (χ1) is 26.2. The van der Waals surface area contributed by atoms with Crippen LogP contribution in [0, 0.1) is 6.92 Å². The molecule has 53 heavy (non-hydrogen) atoms. The van der Waals surface area contributed by atoms with Crippen molar-refractivity contribution in [1.29, 1.82) is 0 Å². The van der Waals surface area contributed by atoms with E-state index >= 15 is 0 Å². The molecule has 8 aromatic carbocycles. The SMILES string of the molecule is Cc1c(-c2cccc(-c3ccc(N(c4ccc(-c5ccc(-c6ccccc6)cc5)cc4)c4cccc(-c5ccccc5)c4)cc3)c2)oc2ccccc12. The molecule has 0 N–H and O–H groups in total. The first-order valence-electron chi connectivity index (χ1n) is 18.1. The van der Waals surface area contributed by atoms with Gasteiger partial charge in [-0.2, -0.15) is 0 Å². The molecule has 0 amide bonds. The lowest BCUT2D eigenvalue weighted by atomic mass is 9.99. The molecule has 2 heteroatoms. The van der Waals surface area contributed by atoms with E-state index in [0.29, 0.717) is 0 Å². The quantitative estimate of drug-likeness (QED) is 0.159. The van der Waals surface area contributed by atoms with Crippen molar-refractivity contribution in [3.05, 3.63) is 212 Å². The highest BCUT2D eigenvalue weighted by Gasteiger charge is 2.16. The van der Waals surface area contributed by atoms with Gasteiger partial charge < -0.3 is 9.32 Å². The van der Waals surface area contributed by atoms with E-state index in [1.165, 1.54) is 33.4 Å². The number of hydrogen-bond donors (Lipinski definition) is 0. The van der Waals surface area contributed by atoms with Crippen LogP contribution < -0.4 is 4.90 Å². The molecule has 9 aromatic rings. The van der Waals surface area contributed by atoms with Gasteiger partial charge in [-0.25, -0.2) is 0 Å². The predicted octanol–water partition coefficient (Wildman–Crippen LogP) is 14.5. The van der Waals surface area contributed by atoms with E-state index < -0.39 is 0 Å². The number of nitrogens with zero attached hydrogens (tertiary/aromatic N) is 1. The molecule has 0 aliphatic rings. The highest BCUT2D eigenvalue weighted by Crippen LogP contribution is 2.39. The fourth-order valence-corrected chi connectivity index (χ4v) is 7.28. The molecule has 0 unspecified atom stereocenters. The standard InChI is InChI=1S/C51H37NO/c1-36-49-20-8-9-21-50(49)53-51(36)45-18-10-16-43(34-45)42-28-32-47(33-29-42)52(48-19-11-17-44(35-48)38-14-6-3-7-15-38)46-30-26-41(27-31-46)40-24-22-39(23-25-40)37-12-4-2-5-13-37/h2-35H,1H3. The van der Waals surface area contributed by atoms with Crippen LogP contribution >= 0.6 is 0 Å². The molecular formula is C51H37NO. The third kappa shape index (κ3) is 6.44. The van der Waals surface area contributed by atoms with Gasteiger partial charge in [0.05, 0.1) is 0 Å². The number of aryl methyl sites for hydroxylation is 1. The van der Waals surface area contributed by atoms with Gasteiger partial charge >= 0.3 is 0 Å². The first kappa shape index (κ1) is 32.0. The van der Waals surface area contributed by atoms with Crippen molar-refractivity contribution >= 4 is 28.0 Å². The lowest BCUT2D eigenvalue weighted by Crippen LogP contribution is -2.10. The van der Waals surface area contributed by atoms with Crippen molar-refractivity contribution in [3.63, 3.8) is 0 Å². The molecule has 0 fully saturated rings. The monoisotopic (exact) mass is 679 g/mol. The van der Waals surface area contributed by atoms with Crippen molar-refractivity contribution in [3.8, 4) is 55.8 Å². The van der Waals surface area contributed by atoms with E-state index in [9.17, 15) is 0 Å². The van der Waals surface area contributed by atoms with Gasteiger partial charge in [0.15, 0.2) is 0 Å². The van der Waals surface area contributed by atoms with Crippen molar-refractivity contribution in [2.24, 2.45) is 0 Å². The Morgan fingerprint density at radius 1 is 0.321 bits per heavy atom. The average molecular weight is 680 g/mol.